The van der Waals surface area contributed by atoms with Crippen LogP contribution in [0.3, 0.4) is 0 Å². The first-order chi connectivity index (χ1) is 11.2. The van der Waals surface area contributed by atoms with Crippen LogP contribution in [-0.4, -0.2) is 6.72 Å². The van der Waals surface area contributed by atoms with Crippen molar-refractivity contribution in [2.75, 3.05) is 0 Å². The summed E-state index contributed by atoms with van der Waals surface area (Å²) in [7, 11) is 0. The molecular formula is C21H17NS. The first-order valence-corrected chi connectivity index (χ1v) is 8.27. The number of nitrogens with zero attached hydrogens (tertiary/aromatic N) is 1. The van der Waals surface area contributed by atoms with Gasteiger partial charge in [-0.1, -0.05) is 36.1 Å². The van der Waals surface area contributed by atoms with Crippen molar-refractivity contribution in [2.24, 2.45) is 4.99 Å². The predicted octanol–water partition coefficient (Wildman–Crippen LogP) is 5.96. The first-order valence-electron chi connectivity index (χ1n) is 7.46. The monoisotopic (exact) mass is 315 g/mol. The summed E-state index contributed by atoms with van der Waals surface area (Å²) < 4.78 is 2.62. The number of benzene rings is 2. The summed E-state index contributed by atoms with van der Waals surface area (Å²) in [4.78, 5) is 3.90. The Kier molecular flexibility index (Phi) is 4.41. The highest BCUT2D eigenvalue weighted by Crippen LogP contribution is 2.33. The second-order valence-electron chi connectivity index (χ2n) is 5.25. The molecule has 1 heterocycles. The first kappa shape index (κ1) is 15.3. The molecule has 0 radical (unpaired) electrons. The van der Waals surface area contributed by atoms with Crippen molar-refractivity contribution in [2.45, 2.75) is 13.8 Å². The molecule has 0 aliphatic heterocycles. The molecule has 0 aliphatic carbocycles. The van der Waals surface area contributed by atoms with Gasteiger partial charge >= 0.3 is 0 Å². The number of fused-ring (bicyclic) bond motifs is 3. The fourth-order valence-electron chi connectivity index (χ4n) is 2.41. The van der Waals surface area contributed by atoms with Crippen molar-refractivity contribution in [3.63, 3.8) is 0 Å². The minimum Gasteiger partial charge on any atom is -0.269 e. The van der Waals surface area contributed by atoms with E-state index in [2.05, 4.69) is 66.0 Å². The molecule has 3 rings (SSSR count). The molecular weight excluding hydrogens is 298 g/mol. The molecule has 0 amide bonds. The van der Waals surface area contributed by atoms with Crippen molar-refractivity contribution in [3.8, 4) is 11.8 Å². The van der Waals surface area contributed by atoms with E-state index < -0.39 is 0 Å². The third-order valence-corrected chi connectivity index (χ3v) is 4.80. The molecule has 0 fully saturated rings. The zero-order chi connectivity index (χ0) is 16.2. The van der Waals surface area contributed by atoms with Gasteiger partial charge in [0, 0.05) is 37.0 Å². The van der Waals surface area contributed by atoms with Gasteiger partial charge in [-0.3, -0.25) is 4.99 Å². The van der Waals surface area contributed by atoms with E-state index in [4.69, 9.17) is 0 Å². The van der Waals surface area contributed by atoms with Crippen molar-refractivity contribution in [3.05, 3.63) is 71.5 Å². The van der Waals surface area contributed by atoms with Gasteiger partial charge in [0.15, 0.2) is 0 Å². The minimum absolute atomic E-state index is 0.867. The van der Waals surface area contributed by atoms with E-state index in [1.165, 1.54) is 20.2 Å². The molecule has 0 spiro atoms. The molecule has 0 saturated heterocycles. The fraction of sp³-hybridized carbons (Fsp3) is 0.0952. The molecule has 2 aromatic carbocycles. The van der Waals surface area contributed by atoms with Crippen molar-refractivity contribution < 1.29 is 0 Å². The zero-order valence-corrected chi connectivity index (χ0v) is 14.1. The van der Waals surface area contributed by atoms with E-state index in [1.54, 1.807) is 0 Å². The van der Waals surface area contributed by atoms with Crippen LogP contribution in [0.4, 0.5) is 0 Å². The van der Waals surface area contributed by atoms with Crippen LogP contribution in [0.1, 0.15) is 19.4 Å². The van der Waals surface area contributed by atoms with E-state index in [-0.39, 0.29) is 0 Å². The summed E-state index contributed by atoms with van der Waals surface area (Å²) in [5.41, 5.74) is 2.84. The molecule has 0 bridgehead atoms. The van der Waals surface area contributed by atoms with Crippen molar-refractivity contribution >= 4 is 38.2 Å². The van der Waals surface area contributed by atoms with Crippen LogP contribution in [-0.2, 0) is 0 Å². The van der Waals surface area contributed by atoms with Gasteiger partial charge in [0.05, 0.1) is 0 Å². The number of allylic oxidation sites excluding steroid dienone is 4. The van der Waals surface area contributed by atoms with Gasteiger partial charge in [-0.05, 0) is 50.9 Å². The Bertz CT molecular complexity index is 1010. The van der Waals surface area contributed by atoms with Crippen LogP contribution >= 0.6 is 11.3 Å². The summed E-state index contributed by atoms with van der Waals surface area (Å²) in [6, 6.07) is 14.9. The number of hydrogen-bond donors (Lipinski definition) is 0. The Morgan fingerprint density at radius 2 is 1.91 bits per heavy atom. The lowest BCUT2D eigenvalue weighted by molar-refractivity contribution is 1.32. The van der Waals surface area contributed by atoms with Gasteiger partial charge in [-0.2, -0.15) is 0 Å². The Hall–Kier alpha value is -2.63. The van der Waals surface area contributed by atoms with E-state index in [1.807, 2.05) is 37.3 Å². The molecule has 0 N–H and O–H groups in total. The maximum absolute atomic E-state index is 3.90. The van der Waals surface area contributed by atoms with E-state index in [0.717, 1.165) is 16.8 Å². The molecule has 0 aliphatic rings. The molecule has 1 aromatic heterocycles. The molecule has 0 saturated carbocycles. The number of thiophene rings is 1. The second-order valence-corrected chi connectivity index (χ2v) is 6.33. The third kappa shape index (κ3) is 3.26. The molecule has 2 heteroatoms. The fourth-order valence-corrected chi connectivity index (χ4v) is 3.50. The van der Waals surface area contributed by atoms with Gasteiger partial charge in [-0.25, -0.2) is 0 Å². The van der Waals surface area contributed by atoms with Crippen LogP contribution in [0.15, 0.2) is 70.9 Å². The van der Waals surface area contributed by atoms with Crippen LogP contribution in [0, 0.1) is 11.8 Å². The third-order valence-electron chi connectivity index (χ3n) is 3.65. The lowest BCUT2D eigenvalue weighted by Gasteiger charge is -1.94. The maximum atomic E-state index is 3.90. The van der Waals surface area contributed by atoms with Crippen LogP contribution in [0.2, 0.25) is 0 Å². The quantitative estimate of drug-likeness (QED) is 0.314. The highest BCUT2D eigenvalue weighted by Gasteiger charge is 2.04. The van der Waals surface area contributed by atoms with Gasteiger partial charge < -0.3 is 0 Å². The lowest BCUT2D eigenvalue weighted by atomic mass is 10.1. The highest BCUT2D eigenvalue weighted by molar-refractivity contribution is 7.25. The highest BCUT2D eigenvalue weighted by atomic mass is 32.1. The zero-order valence-electron chi connectivity index (χ0n) is 13.3. The van der Waals surface area contributed by atoms with Gasteiger partial charge in [0.1, 0.15) is 0 Å². The SMILES string of the molecule is C=N/C(C)=C\C(C#Cc1ccc2sc3ccccc3c2c1)=C/C. The molecule has 23 heavy (non-hydrogen) atoms. The Labute approximate surface area is 140 Å². The Balaban J connectivity index is 2.03. The molecule has 0 atom stereocenters. The van der Waals surface area contributed by atoms with Crippen LogP contribution in [0.5, 0.6) is 0 Å². The van der Waals surface area contributed by atoms with Gasteiger partial charge in [0.2, 0.25) is 0 Å². The molecule has 0 unspecified atom stereocenters. The standard InChI is InChI=1S/C21H17NS/c1-4-16(13-15(2)22-3)9-10-17-11-12-21-19(14-17)18-7-5-6-8-20(18)23-21/h4-8,11-14H,3H2,1-2H3/b15-13-,16-4-. The molecule has 112 valence electrons. The summed E-state index contributed by atoms with van der Waals surface area (Å²) in [5.74, 6) is 6.46. The Morgan fingerprint density at radius 3 is 2.70 bits per heavy atom. The average Bonchev–Trinajstić information content (AvgIpc) is 2.96. The van der Waals surface area contributed by atoms with Gasteiger partial charge in [0.25, 0.3) is 0 Å². The lowest BCUT2D eigenvalue weighted by Crippen LogP contribution is -1.77. The average molecular weight is 315 g/mol. The van der Waals surface area contributed by atoms with Crippen LogP contribution in [0.25, 0.3) is 20.2 Å². The topological polar surface area (TPSA) is 12.4 Å². The summed E-state index contributed by atoms with van der Waals surface area (Å²) >= 11 is 1.82. The summed E-state index contributed by atoms with van der Waals surface area (Å²) in [5, 5.41) is 2.58. The number of hydrogen-bond acceptors (Lipinski definition) is 2. The van der Waals surface area contributed by atoms with E-state index in [0.29, 0.717) is 0 Å². The maximum Gasteiger partial charge on any atom is 0.0377 e. The van der Waals surface area contributed by atoms with Gasteiger partial charge in [-0.15, -0.1) is 11.3 Å². The predicted molar refractivity (Wildman–Crippen MR) is 103 cm³/mol. The van der Waals surface area contributed by atoms with Crippen molar-refractivity contribution in [1.29, 1.82) is 0 Å². The second kappa shape index (κ2) is 6.64. The van der Waals surface area contributed by atoms with E-state index >= 15 is 0 Å². The normalized spacial score (nSPS) is 12.3. The summed E-state index contributed by atoms with van der Waals surface area (Å²) in [6.07, 6.45) is 3.93. The number of rotatable bonds is 2. The largest absolute Gasteiger partial charge is 0.269 e. The smallest absolute Gasteiger partial charge is 0.0377 e. The minimum atomic E-state index is 0.867. The Morgan fingerprint density at radius 1 is 1.13 bits per heavy atom. The molecule has 1 nitrogen and oxygen atoms in total. The van der Waals surface area contributed by atoms with Crippen LogP contribution < -0.4 is 0 Å². The number of aliphatic imine (C=N–C) groups is 1. The molecule has 3 aromatic rings. The van der Waals surface area contributed by atoms with E-state index in [9.17, 15) is 0 Å². The van der Waals surface area contributed by atoms with Crippen molar-refractivity contribution in [1.82, 2.24) is 0 Å². The summed E-state index contributed by atoms with van der Waals surface area (Å²) in [6.45, 7) is 7.43.